The highest BCUT2D eigenvalue weighted by atomic mass is 19.1. The number of ether oxygens (including phenoxy) is 1. The molecule has 0 saturated carbocycles. The molecule has 3 nitrogen and oxygen atoms in total. The minimum Gasteiger partial charge on any atom is -0.398 e. The smallest absolute Gasteiger partial charge is 0.138 e. The van der Waals surface area contributed by atoms with Crippen molar-refractivity contribution in [2.75, 3.05) is 12.8 Å². The van der Waals surface area contributed by atoms with Gasteiger partial charge in [0.2, 0.25) is 0 Å². The number of halogens is 1. The zero-order valence-electron chi connectivity index (χ0n) is 12.6. The number of anilines is 1. The van der Waals surface area contributed by atoms with Gasteiger partial charge < -0.3 is 16.2 Å². The molecule has 0 aromatic heterocycles. The lowest BCUT2D eigenvalue weighted by atomic mass is 9.88. The molecule has 0 heterocycles. The van der Waals surface area contributed by atoms with E-state index in [-0.39, 0.29) is 18.5 Å². The third-order valence-corrected chi connectivity index (χ3v) is 3.69. The Labute approximate surface area is 124 Å². The fourth-order valence-corrected chi connectivity index (χ4v) is 2.69. The third-order valence-electron chi connectivity index (χ3n) is 3.69. The molecule has 2 aromatic rings. The van der Waals surface area contributed by atoms with Crippen molar-refractivity contribution in [2.45, 2.75) is 26.5 Å². The van der Waals surface area contributed by atoms with Crippen LogP contribution in [0.25, 0.3) is 11.1 Å². The topological polar surface area (TPSA) is 61.3 Å². The molecule has 0 aliphatic rings. The second-order valence-electron chi connectivity index (χ2n) is 5.21. The van der Waals surface area contributed by atoms with E-state index in [0.717, 1.165) is 16.7 Å². The highest BCUT2D eigenvalue weighted by Crippen LogP contribution is 2.38. The van der Waals surface area contributed by atoms with Crippen LogP contribution in [-0.2, 0) is 11.3 Å². The first-order valence-corrected chi connectivity index (χ1v) is 6.89. The lowest BCUT2D eigenvalue weighted by molar-refractivity contribution is 0.182. The minimum atomic E-state index is -0.349. The van der Waals surface area contributed by atoms with Crippen molar-refractivity contribution in [2.24, 2.45) is 5.73 Å². The molecule has 0 aliphatic heterocycles. The summed E-state index contributed by atoms with van der Waals surface area (Å²) in [6, 6.07) is 9.08. The summed E-state index contributed by atoms with van der Waals surface area (Å²) >= 11 is 0. The Morgan fingerprint density at radius 1 is 1.24 bits per heavy atom. The molecular weight excluding hydrogens is 267 g/mol. The van der Waals surface area contributed by atoms with Crippen LogP contribution in [0.2, 0.25) is 0 Å². The van der Waals surface area contributed by atoms with Gasteiger partial charge in [-0.1, -0.05) is 30.3 Å². The van der Waals surface area contributed by atoms with Gasteiger partial charge in [0.25, 0.3) is 0 Å². The standard InChI is InChI=1S/C17H21FN2O/c1-10-14(11(2)19)15(12-7-5-4-6-8-12)16(18)13(9-21-3)17(10)20/h4-8,11H,9,19-20H2,1-3H3. The van der Waals surface area contributed by atoms with E-state index in [9.17, 15) is 4.39 Å². The summed E-state index contributed by atoms with van der Waals surface area (Å²) in [5, 5.41) is 0. The van der Waals surface area contributed by atoms with Gasteiger partial charge in [0, 0.05) is 30.0 Å². The predicted octanol–water partition coefficient (Wildman–Crippen LogP) is 3.55. The molecule has 1 unspecified atom stereocenters. The predicted molar refractivity (Wildman–Crippen MR) is 84.3 cm³/mol. The monoisotopic (exact) mass is 288 g/mol. The maximum absolute atomic E-state index is 15.0. The summed E-state index contributed by atoms with van der Waals surface area (Å²) in [7, 11) is 1.52. The Morgan fingerprint density at radius 2 is 1.86 bits per heavy atom. The molecule has 21 heavy (non-hydrogen) atoms. The molecule has 0 saturated heterocycles. The van der Waals surface area contributed by atoms with E-state index in [1.165, 1.54) is 7.11 Å². The molecule has 0 bridgehead atoms. The minimum absolute atomic E-state index is 0.136. The Balaban J connectivity index is 2.83. The summed E-state index contributed by atoms with van der Waals surface area (Å²) in [6.45, 7) is 3.85. The first kappa shape index (κ1) is 15.5. The van der Waals surface area contributed by atoms with E-state index in [4.69, 9.17) is 16.2 Å². The van der Waals surface area contributed by atoms with Gasteiger partial charge in [-0.05, 0) is 30.5 Å². The highest BCUT2D eigenvalue weighted by molar-refractivity contribution is 5.76. The molecule has 0 aliphatic carbocycles. The maximum atomic E-state index is 15.0. The fraction of sp³-hybridized carbons (Fsp3) is 0.294. The second-order valence-corrected chi connectivity index (χ2v) is 5.21. The van der Waals surface area contributed by atoms with Crippen molar-refractivity contribution in [3.63, 3.8) is 0 Å². The maximum Gasteiger partial charge on any atom is 0.138 e. The van der Waals surface area contributed by atoms with Crippen LogP contribution in [0, 0.1) is 12.7 Å². The van der Waals surface area contributed by atoms with Gasteiger partial charge >= 0.3 is 0 Å². The van der Waals surface area contributed by atoms with Gasteiger partial charge in [-0.15, -0.1) is 0 Å². The molecule has 0 fully saturated rings. The molecule has 4 heteroatoms. The van der Waals surface area contributed by atoms with Crippen molar-refractivity contribution >= 4 is 5.69 Å². The van der Waals surface area contributed by atoms with Gasteiger partial charge in [0.05, 0.1) is 6.61 Å². The summed E-state index contributed by atoms with van der Waals surface area (Å²) in [5.74, 6) is -0.349. The van der Waals surface area contributed by atoms with E-state index in [0.29, 0.717) is 16.8 Å². The quantitative estimate of drug-likeness (QED) is 0.846. The number of hydrogen-bond acceptors (Lipinski definition) is 3. The number of benzene rings is 2. The van der Waals surface area contributed by atoms with Crippen LogP contribution < -0.4 is 11.5 Å². The molecule has 2 rings (SSSR count). The van der Waals surface area contributed by atoms with Crippen LogP contribution in [-0.4, -0.2) is 7.11 Å². The van der Waals surface area contributed by atoms with Crippen molar-refractivity contribution in [3.05, 3.63) is 52.8 Å². The van der Waals surface area contributed by atoms with Crippen LogP contribution in [0.15, 0.2) is 30.3 Å². The molecular formula is C17H21FN2O. The van der Waals surface area contributed by atoms with E-state index >= 15 is 0 Å². The first-order valence-electron chi connectivity index (χ1n) is 6.89. The molecule has 1 atom stereocenters. The molecule has 4 N–H and O–H groups in total. The third kappa shape index (κ3) is 2.77. The van der Waals surface area contributed by atoms with Crippen LogP contribution >= 0.6 is 0 Å². The van der Waals surface area contributed by atoms with Gasteiger partial charge in [0.15, 0.2) is 0 Å². The van der Waals surface area contributed by atoms with Crippen molar-refractivity contribution in [1.29, 1.82) is 0 Å². The summed E-state index contributed by atoms with van der Waals surface area (Å²) < 4.78 is 20.1. The number of nitrogens with two attached hydrogens (primary N) is 2. The van der Waals surface area contributed by atoms with Crippen LogP contribution in [0.5, 0.6) is 0 Å². The molecule has 0 amide bonds. The largest absolute Gasteiger partial charge is 0.398 e. The number of hydrogen-bond donors (Lipinski definition) is 2. The van der Waals surface area contributed by atoms with Gasteiger partial charge in [-0.25, -0.2) is 4.39 Å². The van der Waals surface area contributed by atoms with Gasteiger partial charge in [-0.3, -0.25) is 0 Å². The average molecular weight is 288 g/mol. The molecule has 2 aromatic carbocycles. The summed E-state index contributed by atoms with van der Waals surface area (Å²) in [6.07, 6.45) is 0. The van der Waals surface area contributed by atoms with Crippen LogP contribution in [0.3, 0.4) is 0 Å². The second kappa shape index (κ2) is 6.24. The number of rotatable bonds is 4. The van der Waals surface area contributed by atoms with E-state index in [2.05, 4.69) is 0 Å². The molecule has 112 valence electrons. The van der Waals surface area contributed by atoms with E-state index in [1.807, 2.05) is 44.2 Å². The van der Waals surface area contributed by atoms with Crippen LogP contribution in [0.4, 0.5) is 10.1 Å². The fourth-order valence-electron chi connectivity index (χ4n) is 2.69. The Hall–Kier alpha value is -1.91. The van der Waals surface area contributed by atoms with Crippen LogP contribution in [0.1, 0.15) is 29.7 Å². The number of nitrogen functional groups attached to an aromatic ring is 1. The van der Waals surface area contributed by atoms with E-state index in [1.54, 1.807) is 0 Å². The van der Waals surface area contributed by atoms with Crippen molar-refractivity contribution < 1.29 is 9.13 Å². The van der Waals surface area contributed by atoms with Crippen molar-refractivity contribution in [1.82, 2.24) is 0 Å². The van der Waals surface area contributed by atoms with Gasteiger partial charge in [-0.2, -0.15) is 0 Å². The normalized spacial score (nSPS) is 12.4. The molecule has 0 radical (unpaired) electrons. The SMILES string of the molecule is COCc1c(N)c(C)c(C(C)N)c(-c2ccccc2)c1F. The zero-order chi connectivity index (χ0) is 15.6. The first-order chi connectivity index (χ1) is 9.99. The van der Waals surface area contributed by atoms with Gasteiger partial charge in [0.1, 0.15) is 5.82 Å². The van der Waals surface area contributed by atoms with E-state index < -0.39 is 0 Å². The molecule has 0 spiro atoms. The Bertz CT molecular complexity index is 639. The highest BCUT2D eigenvalue weighted by Gasteiger charge is 2.23. The average Bonchev–Trinajstić information content (AvgIpc) is 2.47. The number of methoxy groups -OCH3 is 1. The Kier molecular flexibility index (Phi) is 4.60. The lowest BCUT2D eigenvalue weighted by Crippen LogP contribution is -2.14. The van der Waals surface area contributed by atoms with Crippen molar-refractivity contribution in [3.8, 4) is 11.1 Å². The summed E-state index contributed by atoms with van der Waals surface area (Å²) in [5.41, 5.74) is 15.8. The summed E-state index contributed by atoms with van der Waals surface area (Å²) in [4.78, 5) is 0. The zero-order valence-corrected chi connectivity index (χ0v) is 12.6. The Morgan fingerprint density at radius 3 is 2.38 bits per heavy atom. The lowest BCUT2D eigenvalue weighted by Gasteiger charge is -2.22.